The largest absolute Gasteiger partial charge is 0.390 e. The van der Waals surface area contributed by atoms with Crippen LogP contribution in [-0.2, 0) is 0 Å². The van der Waals surface area contributed by atoms with E-state index in [1.807, 2.05) is 6.92 Å². The first-order chi connectivity index (χ1) is 4.61. The molecule has 54 valence electrons. The zero-order valence-corrected chi connectivity index (χ0v) is 6.37. The van der Waals surface area contributed by atoms with Crippen LogP contribution in [0.5, 0.6) is 0 Å². The molecule has 1 heterocycles. The zero-order valence-electron chi connectivity index (χ0n) is 5.55. The molecule has 4 N–H and O–H groups in total. The smallest absolute Gasteiger partial charge is 0.251 e. The molecule has 1 aromatic heterocycles. The zero-order chi connectivity index (χ0) is 7.72. The monoisotopic (exact) mass is 156 g/mol. The molecule has 3 nitrogen and oxygen atoms in total. The van der Waals surface area contributed by atoms with Gasteiger partial charge in [0.05, 0.1) is 10.6 Å². The van der Waals surface area contributed by atoms with Gasteiger partial charge in [-0.15, -0.1) is 11.3 Å². The molecule has 4 heteroatoms. The molecule has 10 heavy (non-hydrogen) atoms. The number of hydrogen-bond acceptors (Lipinski definition) is 3. The molecule has 1 amide bonds. The van der Waals surface area contributed by atoms with Crippen LogP contribution in [0, 0.1) is 6.92 Å². The molecule has 0 saturated heterocycles. The first-order valence-corrected chi connectivity index (χ1v) is 3.58. The number of primary amides is 1. The summed E-state index contributed by atoms with van der Waals surface area (Å²) >= 11 is 1.37. The Hall–Kier alpha value is -1.03. The number of hydrogen-bond donors (Lipinski definition) is 2. The van der Waals surface area contributed by atoms with E-state index in [1.165, 1.54) is 11.3 Å². The maximum Gasteiger partial charge on any atom is 0.251 e. The minimum absolute atomic E-state index is 0.433. The summed E-state index contributed by atoms with van der Waals surface area (Å²) in [6.45, 7) is 1.88. The molecule has 0 aliphatic rings. The van der Waals surface area contributed by atoms with E-state index in [9.17, 15) is 4.79 Å². The van der Waals surface area contributed by atoms with E-state index >= 15 is 0 Å². The molecule has 0 bridgehead atoms. The second-order valence-electron chi connectivity index (χ2n) is 2.00. The minimum atomic E-state index is -0.457. The van der Waals surface area contributed by atoms with Crippen molar-refractivity contribution >= 4 is 22.2 Å². The summed E-state index contributed by atoms with van der Waals surface area (Å²) in [4.78, 5) is 11.6. The molecule has 0 fully saturated rings. The van der Waals surface area contributed by atoms with E-state index in [-0.39, 0.29) is 0 Å². The van der Waals surface area contributed by atoms with Crippen LogP contribution in [0.3, 0.4) is 0 Å². The van der Waals surface area contributed by atoms with Crippen LogP contribution in [-0.4, -0.2) is 5.91 Å². The quantitative estimate of drug-likeness (QED) is 0.629. The fraction of sp³-hybridized carbons (Fsp3) is 0.167. The van der Waals surface area contributed by atoms with Gasteiger partial charge in [-0.1, -0.05) is 0 Å². The van der Waals surface area contributed by atoms with Crippen molar-refractivity contribution in [2.45, 2.75) is 6.92 Å². The third kappa shape index (κ3) is 1.11. The Morgan fingerprint density at radius 3 is 2.50 bits per heavy atom. The topological polar surface area (TPSA) is 69.1 Å². The van der Waals surface area contributed by atoms with Crippen molar-refractivity contribution in [3.8, 4) is 0 Å². The maximum absolute atomic E-state index is 10.6. The Morgan fingerprint density at radius 1 is 1.70 bits per heavy atom. The van der Waals surface area contributed by atoms with E-state index in [0.717, 1.165) is 4.88 Å². The molecule has 0 unspecified atom stereocenters. The molecule has 0 radical (unpaired) electrons. The van der Waals surface area contributed by atoms with E-state index in [0.29, 0.717) is 10.6 Å². The Kier molecular flexibility index (Phi) is 1.63. The number of anilines is 1. The summed E-state index contributed by atoms with van der Waals surface area (Å²) in [7, 11) is 0. The summed E-state index contributed by atoms with van der Waals surface area (Å²) in [5, 5.41) is 0.505. The lowest BCUT2D eigenvalue weighted by molar-refractivity contribution is 0.100. The van der Waals surface area contributed by atoms with Gasteiger partial charge in [0.2, 0.25) is 0 Å². The molecule has 1 aromatic rings. The highest BCUT2D eigenvalue weighted by Crippen LogP contribution is 2.22. The van der Waals surface area contributed by atoms with Crippen molar-refractivity contribution in [3.63, 3.8) is 0 Å². The molecular formula is C6H8N2OS. The highest BCUT2D eigenvalue weighted by Gasteiger charge is 2.07. The van der Waals surface area contributed by atoms with Gasteiger partial charge in [-0.2, -0.15) is 0 Å². The highest BCUT2D eigenvalue weighted by molar-refractivity contribution is 7.16. The number of carbonyl (C=O) groups is 1. The number of thiophene rings is 1. The summed E-state index contributed by atoms with van der Waals surface area (Å²) in [6.07, 6.45) is 0. The molecule has 1 rings (SSSR count). The Labute approximate surface area is 62.6 Å². The van der Waals surface area contributed by atoms with Crippen molar-refractivity contribution in [1.29, 1.82) is 0 Å². The number of nitrogen functional groups attached to an aromatic ring is 1. The minimum Gasteiger partial charge on any atom is -0.390 e. The van der Waals surface area contributed by atoms with Crippen molar-refractivity contribution in [2.75, 3.05) is 5.73 Å². The van der Waals surface area contributed by atoms with Crippen molar-refractivity contribution < 1.29 is 4.79 Å². The van der Waals surface area contributed by atoms with Gasteiger partial charge in [0.15, 0.2) is 0 Å². The third-order valence-electron chi connectivity index (χ3n) is 1.15. The van der Waals surface area contributed by atoms with Crippen LogP contribution >= 0.6 is 11.3 Å². The van der Waals surface area contributed by atoms with Crippen LogP contribution in [0.15, 0.2) is 6.07 Å². The van der Waals surface area contributed by atoms with Gasteiger partial charge >= 0.3 is 0 Å². The van der Waals surface area contributed by atoms with Crippen LogP contribution in [0.4, 0.5) is 5.00 Å². The summed E-state index contributed by atoms with van der Waals surface area (Å²) in [5.41, 5.74) is 10.9. The molecule has 0 atom stereocenters. The average Bonchev–Trinajstić information content (AvgIpc) is 2.10. The van der Waals surface area contributed by atoms with Gasteiger partial charge in [-0.05, 0) is 13.0 Å². The molecule has 0 aromatic carbocycles. The van der Waals surface area contributed by atoms with Crippen LogP contribution in [0.2, 0.25) is 0 Å². The SMILES string of the molecule is Cc1cc(C(N)=O)c(N)s1. The van der Waals surface area contributed by atoms with Crippen LogP contribution in [0.1, 0.15) is 15.2 Å². The van der Waals surface area contributed by atoms with Crippen LogP contribution < -0.4 is 11.5 Å². The van der Waals surface area contributed by atoms with Gasteiger partial charge in [0.1, 0.15) is 0 Å². The number of nitrogens with two attached hydrogens (primary N) is 2. The molecule has 0 aliphatic heterocycles. The lowest BCUT2D eigenvalue weighted by atomic mass is 10.3. The number of aryl methyl sites for hydroxylation is 1. The molecule has 0 spiro atoms. The van der Waals surface area contributed by atoms with Gasteiger partial charge in [0.25, 0.3) is 5.91 Å². The van der Waals surface area contributed by atoms with Gasteiger partial charge in [0, 0.05) is 4.88 Å². The second-order valence-corrected chi connectivity index (χ2v) is 3.29. The lowest BCUT2D eigenvalue weighted by Gasteiger charge is -1.88. The molecular weight excluding hydrogens is 148 g/mol. The van der Waals surface area contributed by atoms with E-state index in [4.69, 9.17) is 11.5 Å². The van der Waals surface area contributed by atoms with Gasteiger partial charge < -0.3 is 11.5 Å². The normalized spacial score (nSPS) is 9.70. The average molecular weight is 156 g/mol. The van der Waals surface area contributed by atoms with Crippen LogP contribution in [0.25, 0.3) is 0 Å². The summed E-state index contributed by atoms with van der Waals surface area (Å²) in [5.74, 6) is -0.457. The summed E-state index contributed by atoms with van der Waals surface area (Å²) < 4.78 is 0. The fourth-order valence-electron chi connectivity index (χ4n) is 0.725. The second kappa shape index (κ2) is 2.30. The lowest BCUT2D eigenvalue weighted by Crippen LogP contribution is -2.11. The Morgan fingerprint density at radius 2 is 2.30 bits per heavy atom. The first-order valence-electron chi connectivity index (χ1n) is 2.77. The number of amides is 1. The Balaban J connectivity index is 3.15. The van der Waals surface area contributed by atoms with Crippen molar-refractivity contribution in [1.82, 2.24) is 0 Å². The first kappa shape index (κ1) is 7.08. The van der Waals surface area contributed by atoms with Crippen molar-refractivity contribution in [3.05, 3.63) is 16.5 Å². The van der Waals surface area contributed by atoms with Gasteiger partial charge in [-0.25, -0.2) is 0 Å². The standard InChI is InChI=1S/C6H8N2OS/c1-3-2-4(5(7)9)6(8)10-3/h2H,8H2,1H3,(H2,7,9). The predicted molar refractivity (Wildman–Crippen MR) is 42.0 cm³/mol. The number of carbonyl (C=O) groups excluding carboxylic acids is 1. The highest BCUT2D eigenvalue weighted by atomic mass is 32.1. The fourth-order valence-corrected chi connectivity index (χ4v) is 1.52. The Bertz CT molecular complexity index is 267. The van der Waals surface area contributed by atoms with Gasteiger partial charge in [-0.3, -0.25) is 4.79 Å². The van der Waals surface area contributed by atoms with E-state index in [2.05, 4.69) is 0 Å². The molecule has 0 aliphatic carbocycles. The molecule has 0 saturated carbocycles. The predicted octanol–water partition coefficient (Wildman–Crippen LogP) is 0.738. The summed E-state index contributed by atoms with van der Waals surface area (Å²) in [6, 6.07) is 1.70. The third-order valence-corrected chi connectivity index (χ3v) is 2.03. The number of rotatable bonds is 1. The maximum atomic E-state index is 10.6. The van der Waals surface area contributed by atoms with E-state index in [1.54, 1.807) is 6.07 Å². The van der Waals surface area contributed by atoms with E-state index < -0.39 is 5.91 Å². The van der Waals surface area contributed by atoms with Crippen molar-refractivity contribution in [2.24, 2.45) is 5.73 Å².